The fourth-order valence-corrected chi connectivity index (χ4v) is 3.29. The van der Waals surface area contributed by atoms with E-state index in [2.05, 4.69) is 5.32 Å². The third-order valence-corrected chi connectivity index (χ3v) is 4.83. The van der Waals surface area contributed by atoms with Crippen molar-refractivity contribution in [3.63, 3.8) is 0 Å². The normalized spacial score (nSPS) is 18.6. The minimum absolute atomic E-state index is 0.0375. The summed E-state index contributed by atoms with van der Waals surface area (Å²) in [4.78, 5) is 28.5. The van der Waals surface area contributed by atoms with Crippen LogP contribution in [-0.4, -0.2) is 67.6 Å². The molecule has 0 radical (unpaired) electrons. The molecule has 136 valence electrons. The lowest BCUT2D eigenvalue weighted by Gasteiger charge is -2.26. The second-order valence-electron chi connectivity index (χ2n) is 6.63. The van der Waals surface area contributed by atoms with Crippen molar-refractivity contribution < 1.29 is 14.3 Å². The quantitative estimate of drug-likeness (QED) is 0.906. The van der Waals surface area contributed by atoms with Crippen LogP contribution in [0.3, 0.4) is 0 Å². The molecule has 1 aromatic rings. The molecule has 0 spiro atoms. The third kappa shape index (κ3) is 4.95. The van der Waals surface area contributed by atoms with E-state index in [9.17, 15) is 9.59 Å². The second-order valence-corrected chi connectivity index (χ2v) is 6.63. The van der Waals surface area contributed by atoms with Gasteiger partial charge in [-0.05, 0) is 37.1 Å². The Morgan fingerprint density at radius 2 is 1.52 bits per heavy atom. The molecule has 2 amide bonds. The van der Waals surface area contributed by atoms with Crippen molar-refractivity contribution in [3.8, 4) is 0 Å². The van der Waals surface area contributed by atoms with Crippen LogP contribution in [0.2, 0.25) is 0 Å². The minimum Gasteiger partial charge on any atom is -0.378 e. The molecular formula is C19H27N3O3. The van der Waals surface area contributed by atoms with Crippen molar-refractivity contribution in [2.24, 2.45) is 0 Å². The van der Waals surface area contributed by atoms with Crippen LogP contribution in [0.5, 0.6) is 0 Å². The molecule has 6 nitrogen and oxygen atoms in total. The van der Waals surface area contributed by atoms with Gasteiger partial charge in [-0.25, -0.2) is 0 Å². The Labute approximate surface area is 149 Å². The zero-order valence-electron chi connectivity index (χ0n) is 14.7. The number of benzene rings is 1. The highest BCUT2D eigenvalue weighted by Crippen LogP contribution is 2.14. The van der Waals surface area contributed by atoms with Gasteiger partial charge in [0.2, 0.25) is 5.91 Å². The number of hydrogen-bond donors (Lipinski definition) is 1. The first-order valence-corrected chi connectivity index (χ1v) is 9.23. The fraction of sp³-hybridized carbons (Fsp3) is 0.579. The Bertz CT molecular complexity index is 574. The summed E-state index contributed by atoms with van der Waals surface area (Å²) in [6, 6.07) is 7.36. The molecule has 0 aliphatic carbocycles. The van der Waals surface area contributed by atoms with Crippen molar-refractivity contribution in [2.75, 3.05) is 51.3 Å². The number of likely N-dealkylation sites (tertiary alicyclic amines) is 1. The van der Waals surface area contributed by atoms with Crippen LogP contribution in [0.25, 0.3) is 0 Å². The molecule has 0 unspecified atom stereocenters. The van der Waals surface area contributed by atoms with E-state index >= 15 is 0 Å². The van der Waals surface area contributed by atoms with E-state index in [1.165, 1.54) is 12.8 Å². The number of hydrogen-bond acceptors (Lipinski definition) is 4. The summed E-state index contributed by atoms with van der Waals surface area (Å²) in [5.74, 6) is 0.186. The Morgan fingerprint density at radius 1 is 0.880 bits per heavy atom. The molecule has 0 atom stereocenters. The van der Waals surface area contributed by atoms with Gasteiger partial charge in [0, 0.05) is 37.4 Å². The van der Waals surface area contributed by atoms with Gasteiger partial charge >= 0.3 is 0 Å². The molecular weight excluding hydrogens is 318 g/mol. The number of ether oxygens (including phenoxy) is 1. The number of anilines is 1. The molecule has 6 heteroatoms. The average Bonchev–Trinajstić information content (AvgIpc) is 2.96. The van der Waals surface area contributed by atoms with Crippen LogP contribution in [0.15, 0.2) is 24.3 Å². The summed E-state index contributed by atoms with van der Waals surface area (Å²) >= 11 is 0. The summed E-state index contributed by atoms with van der Waals surface area (Å²) in [7, 11) is 0. The predicted octanol–water partition coefficient (Wildman–Crippen LogP) is 1.97. The fourth-order valence-electron chi connectivity index (χ4n) is 3.29. The number of morpholine rings is 1. The van der Waals surface area contributed by atoms with Gasteiger partial charge in [-0.1, -0.05) is 12.8 Å². The van der Waals surface area contributed by atoms with Gasteiger partial charge in [-0.2, -0.15) is 0 Å². The number of amides is 2. The van der Waals surface area contributed by atoms with E-state index in [0.717, 1.165) is 31.6 Å². The first-order chi connectivity index (χ1) is 12.2. The Hall–Kier alpha value is -2.08. The maximum atomic E-state index is 12.4. The van der Waals surface area contributed by atoms with Crippen molar-refractivity contribution >= 4 is 17.5 Å². The van der Waals surface area contributed by atoms with Gasteiger partial charge in [0.1, 0.15) is 0 Å². The van der Waals surface area contributed by atoms with E-state index in [-0.39, 0.29) is 11.8 Å². The van der Waals surface area contributed by atoms with E-state index < -0.39 is 0 Å². The van der Waals surface area contributed by atoms with Crippen LogP contribution in [0.1, 0.15) is 36.0 Å². The molecule has 3 rings (SSSR count). The lowest BCUT2D eigenvalue weighted by molar-refractivity contribution is -0.129. The van der Waals surface area contributed by atoms with Crippen LogP contribution < -0.4 is 5.32 Å². The van der Waals surface area contributed by atoms with Gasteiger partial charge in [0.15, 0.2) is 0 Å². The third-order valence-electron chi connectivity index (χ3n) is 4.83. The molecule has 1 aromatic carbocycles. The maximum absolute atomic E-state index is 12.4. The molecule has 2 heterocycles. The van der Waals surface area contributed by atoms with Gasteiger partial charge in [0.25, 0.3) is 5.91 Å². The van der Waals surface area contributed by atoms with E-state index in [1.54, 1.807) is 0 Å². The molecule has 0 bridgehead atoms. The highest BCUT2D eigenvalue weighted by Gasteiger charge is 2.18. The van der Waals surface area contributed by atoms with Crippen molar-refractivity contribution in [1.29, 1.82) is 0 Å². The smallest absolute Gasteiger partial charge is 0.254 e. The van der Waals surface area contributed by atoms with E-state index in [4.69, 9.17) is 4.74 Å². The number of rotatable bonds is 4. The van der Waals surface area contributed by atoms with Gasteiger partial charge in [0.05, 0.1) is 19.8 Å². The summed E-state index contributed by atoms with van der Waals surface area (Å²) < 4.78 is 5.28. The molecule has 2 fully saturated rings. The first kappa shape index (κ1) is 17.7. The molecule has 0 saturated carbocycles. The largest absolute Gasteiger partial charge is 0.378 e. The lowest BCUT2D eigenvalue weighted by atomic mass is 10.1. The van der Waals surface area contributed by atoms with Crippen LogP contribution in [-0.2, 0) is 9.53 Å². The van der Waals surface area contributed by atoms with Crippen LogP contribution in [0, 0.1) is 0 Å². The first-order valence-electron chi connectivity index (χ1n) is 9.23. The monoisotopic (exact) mass is 345 g/mol. The topological polar surface area (TPSA) is 61.9 Å². The Morgan fingerprint density at radius 3 is 2.16 bits per heavy atom. The lowest BCUT2D eigenvalue weighted by Crippen LogP contribution is -2.40. The second kappa shape index (κ2) is 8.85. The summed E-state index contributed by atoms with van der Waals surface area (Å²) in [6.07, 6.45) is 4.64. The average molecular weight is 345 g/mol. The zero-order valence-corrected chi connectivity index (χ0v) is 14.7. The Balaban J connectivity index is 1.50. The van der Waals surface area contributed by atoms with Gasteiger partial charge < -0.3 is 19.9 Å². The molecule has 2 aliphatic rings. The van der Waals surface area contributed by atoms with E-state index in [1.807, 2.05) is 34.1 Å². The standard InChI is InChI=1S/C19H27N3O3/c23-18(21-9-3-1-2-4-10-21)15-20-17-7-5-16(6-8-17)19(24)22-11-13-25-14-12-22/h5-8,20H,1-4,9-15H2. The highest BCUT2D eigenvalue weighted by molar-refractivity contribution is 5.94. The minimum atomic E-state index is 0.0375. The van der Waals surface area contributed by atoms with Crippen molar-refractivity contribution in [3.05, 3.63) is 29.8 Å². The molecule has 25 heavy (non-hydrogen) atoms. The SMILES string of the molecule is O=C(CNc1ccc(C(=O)N2CCOCC2)cc1)N1CCCCCC1. The van der Waals surface area contributed by atoms with Crippen LogP contribution in [0.4, 0.5) is 5.69 Å². The zero-order chi connectivity index (χ0) is 17.5. The molecule has 2 aliphatic heterocycles. The molecule has 0 aromatic heterocycles. The predicted molar refractivity (Wildman–Crippen MR) is 96.7 cm³/mol. The van der Waals surface area contributed by atoms with Gasteiger partial charge in [-0.3, -0.25) is 9.59 Å². The number of nitrogens with one attached hydrogen (secondary N) is 1. The number of carbonyl (C=O) groups excluding carboxylic acids is 2. The molecule has 1 N–H and O–H groups in total. The van der Waals surface area contributed by atoms with E-state index in [0.29, 0.717) is 38.4 Å². The summed E-state index contributed by atoms with van der Waals surface area (Å²) in [5.41, 5.74) is 1.54. The van der Waals surface area contributed by atoms with Crippen molar-refractivity contribution in [1.82, 2.24) is 9.80 Å². The highest BCUT2D eigenvalue weighted by atomic mass is 16.5. The van der Waals surface area contributed by atoms with Crippen molar-refractivity contribution in [2.45, 2.75) is 25.7 Å². The van der Waals surface area contributed by atoms with Crippen LogP contribution >= 0.6 is 0 Å². The number of nitrogens with zero attached hydrogens (tertiary/aromatic N) is 2. The summed E-state index contributed by atoms with van der Waals surface area (Å²) in [5, 5.41) is 3.17. The molecule has 2 saturated heterocycles. The summed E-state index contributed by atoms with van der Waals surface area (Å²) in [6.45, 7) is 4.53. The Kier molecular flexibility index (Phi) is 6.28. The maximum Gasteiger partial charge on any atom is 0.254 e. The number of carbonyl (C=O) groups is 2. The van der Waals surface area contributed by atoms with Gasteiger partial charge in [-0.15, -0.1) is 0 Å².